The molecule has 0 bridgehead atoms. The maximum Gasteiger partial charge on any atom is 0.130 e. The zero-order chi connectivity index (χ0) is 14.5. The number of nitrogens with one attached hydrogen (secondary N) is 1. The molecule has 0 spiro atoms. The molecule has 4 nitrogen and oxygen atoms in total. The van der Waals surface area contributed by atoms with Gasteiger partial charge in [0.2, 0.25) is 0 Å². The first-order valence-electron chi connectivity index (χ1n) is 6.85. The number of anilines is 1. The van der Waals surface area contributed by atoms with Crippen molar-refractivity contribution in [3.05, 3.63) is 36.2 Å². The first-order valence-corrected chi connectivity index (χ1v) is 6.85. The van der Waals surface area contributed by atoms with Gasteiger partial charge in [-0.2, -0.15) is 0 Å². The Morgan fingerprint density at radius 3 is 2.45 bits per heavy atom. The molecule has 1 N–H and O–H groups in total. The van der Waals surface area contributed by atoms with Crippen molar-refractivity contribution in [3.63, 3.8) is 0 Å². The minimum absolute atomic E-state index is 0.525. The van der Waals surface area contributed by atoms with Crippen LogP contribution in [0.5, 0.6) is 5.75 Å². The highest BCUT2D eigenvalue weighted by molar-refractivity contribution is 5.63. The SMILES string of the molecule is CNc1cc(-c2ccc(OCC(C)C)cc2)nc(C)n1. The van der Waals surface area contributed by atoms with Gasteiger partial charge in [0.05, 0.1) is 12.3 Å². The van der Waals surface area contributed by atoms with Crippen LogP contribution in [0.2, 0.25) is 0 Å². The Morgan fingerprint density at radius 2 is 1.85 bits per heavy atom. The highest BCUT2D eigenvalue weighted by Gasteiger charge is 2.04. The van der Waals surface area contributed by atoms with Gasteiger partial charge in [-0.15, -0.1) is 0 Å². The first-order chi connectivity index (χ1) is 9.58. The van der Waals surface area contributed by atoms with Gasteiger partial charge in [0.25, 0.3) is 0 Å². The maximum absolute atomic E-state index is 5.68. The van der Waals surface area contributed by atoms with Crippen molar-refractivity contribution in [2.75, 3.05) is 19.0 Å². The van der Waals surface area contributed by atoms with Crippen LogP contribution in [0.4, 0.5) is 5.82 Å². The average molecular weight is 271 g/mol. The van der Waals surface area contributed by atoms with Crippen LogP contribution in [0, 0.1) is 12.8 Å². The molecule has 0 fully saturated rings. The first kappa shape index (κ1) is 14.3. The van der Waals surface area contributed by atoms with E-state index >= 15 is 0 Å². The third-order valence-corrected chi connectivity index (χ3v) is 2.83. The third-order valence-electron chi connectivity index (χ3n) is 2.83. The second-order valence-electron chi connectivity index (χ2n) is 5.16. The number of aryl methyl sites for hydroxylation is 1. The number of benzene rings is 1. The van der Waals surface area contributed by atoms with Crippen LogP contribution in [0.15, 0.2) is 30.3 Å². The summed E-state index contributed by atoms with van der Waals surface area (Å²) in [4.78, 5) is 8.76. The molecule has 2 rings (SSSR count). The monoisotopic (exact) mass is 271 g/mol. The normalized spacial score (nSPS) is 10.7. The van der Waals surface area contributed by atoms with Crippen LogP contribution in [0.25, 0.3) is 11.3 Å². The molecule has 0 radical (unpaired) electrons. The van der Waals surface area contributed by atoms with Gasteiger partial charge in [-0.3, -0.25) is 0 Å². The number of nitrogens with zero attached hydrogens (tertiary/aromatic N) is 2. The van der Waals surface area contributed by atoms with Crippen LogP contribution in [-0.2, 0) is 0 Å². The standard InChI is InChI=1S/C16H21N3O/c1-11(2)10-20-14-7-5-13(6-8-14)15-9-16(17-4)19-12(3)18-15/h5-9,11H,10H2,1-4H3,(H,17,18,19). The molecule has 0 saturated carbocycles. The van der Waals surface area contributed by atoms with E-state index in [1.54, 1.807) is 0 Å². The molecule has 20 heavy (non-hydrogen) atoms. The Balaban J connectivity index is 2.19. The molecule has 1 aromatic carbocycles. The Hall–Kier alpha value is -2.10. The molecule has 0 saturated heterocycles. The number of hydrogen-bond donors (Lipinski definition) is 1. The second kappa shape index (κ2) is 6.37. The molecule has 0 aliphatic carbocycles. The van der Waals surface area contributed by atoms with Crippen molar-refractivity contribution in [1.82, 2.24) is 9.97 Å². The quantitative estimate of drug-likeness (QED) is 0.903. The van der Waals surface area contributed by atoms with Gasteiger partial charge in [-0.1, -0.05) is 13.8 Å². The molecule has 0 amide bonds. The Morgan fingerprint density at radius 1 is 1.15 bits per heavy atom. The number of ether oxygens (including phenoxy) is 1. The Kier molecular flexibility index (Phi) is 4.56. The van der Waals surface area contributed by atoms with E-state index in [1.165, 1.54) is 0 Å². The molecular weight excluding hydrogens is 250 g/mol. The fraction of sp³-hybridized carbons (Fsp3) is 0.375. The van der Waals surface area contributed by atoms with Gasteiger partial charge in [-0.05, 0) is 37.1 Å². The average Bonchev–Trinajstić information content (AvgIpc) is 2.45. The van der Waals surface area contributed by atoms with E-state index in [9.17, 15) is 0 Å². The summed E-state index contributed by atoms with van der Waals surface area (Å²) >= 11 is 0. The third kappa shape index (κ3) is 3.70. The fourth-order valence-corrected chi connectivity index (χ4v) is 1.83. The lowest BCUT2D eigenvalue weighted by Crippen LogP contribution is -2.04. The summed E-state index contributed by atoms with van der Waals surface area (Å²) in [7, 11) is 1.86. The fourth-order valence-electron chi connectivity index (χ4n) is 1.83. The van der Waals surface area contributed by atoms with Crippen molar-refractivity contribution in [2.45, 2.75) is 20.8 Å². The van der Waals surface area contributed by atoms with Crippen LogP contribution >= 0.6 is 0 Å². The molecule has 106 valence electrons. The van der Waals surface area contributed by atoms with Crippen molar-refractivity contribution >= 4 is 5.82 Å². The van der Waals surface area contributed by atoms with Gasteiger partial charge in [0, 0.05) is 18.7 Å². The predicted molar refractivity (Wildman–Crippen MR) is 82.1 cm³/mol. The molecule has 0 aliphatic heterocycles. The molecule has 1 aromatic heterocycles. The lowest BCUT2D eigenvalue weighted by atomic mass is 10.1. The van der Waals surface area contributed by atoms with Crippen LogP contribution in [0.1, 0.15) is 19.7 Å². The minimum Gasteiger partial charge on any atom is -0.493 e. The van der Waals surface area contributed by atoms with Crippen LogP contribution in [-0.4, -0.2) is 23.6 Å². The van der Waals surface area contributed by atoms with Crippen molar-refractivity contribution in [1.29, 1.82) is 0 Å². The minimum atomic E-state index is 0.525. The Bertz CT molecular complexity index is 564. The van der Waals surface area contributed by atoms with Gasteiger partial charge in [0.1, 0.15) is 17.4 Å². The van der Waals surface area contributed by atoms with E-state index in [-0.39, 0.29) is 0 Å². The summed E-state index contributed by atoms with van der Waals surface area (Å²) in [5.41, 5.74) is 1.97. The molecule has 0 atom stereocenters. The summed E-state index contributed by atoms with van der Waals surface area (Å²) in [6.45, 7) is 6.90. The lowest BCUT2D eigenvalue weighted by Gasteiger charge is -2.10. The van der Waals surface area contributed by atoms with Gasteiger partial charge in [0.15, 0.2) is 0 Å². The van der Waals surface area contributed by atoms with E-state index in [0.29, 0.717) is 5.92 Å². The largest absolute Gasteiger partial charge is 0.493 e. The molecule has 0 aliphatic rings. The number of rotatable bonds is 5. The summed E-state index contributed by atoms with van der Waals surface area (Å²) in [5.74, 6) is 3.00. The summed E-state index contributed by atoms with van der Waals surface area (Å²) in [6.07, 6.45) is 0. The summed E-state index contributed by atoms with van der Waals surface area (Å²) in [5, 5.41) is 3.05. The number of hydrogen-bond acceptors (Lipinski definition) is 4. The van der Waals surface area contributed by atoms with Crippen molar-refractivity contribution < 1.29 is 4.74 Å². The van der Waals surface area contributed by atoms with Gasteiger partial charge >= 0.3 is 0 Å². The summed E-state index contributed by atoms with van der Waals surface area (Å²) in [6, 6.07) is 9.95. The van der Waals surface area contributed by atoms with Crippen molar-refractivity contribution in [2.24, 2.45) is 5.92 Å². The highest BCUT2D eigenvalue weighted by Crippen LogP contribution is 2.22. The maximum atomic E-state index is 5.68. The van der Waals surface area contributed by atoms with Gasteiger partial charge in [-0.25, -0.2) is 9.97 Å². The molecule has 2 aromatic rings. The van der Waals surface area contributed by atoms with E-state index in [2.05, 4.69) is 29.1 Å². The predicted octanol–water partition coefficient (Wildman–Crippen LogP) is 3.53. The zero-order valence-corrected chi connectivity index (χ0v) is 12.5. The molecule has 1 heterocycles. The van der Waals surface area contributed by atoms with Crippen LogP contribution < -0.4 is 10.1 Å². The smallest absolute Gasteiger partial charge is 0.130 e. The Labute approximate surface area is 120 Å². The molecular formula is C16H21N3O. The second-order valence-corrected chi connectivity index (χ2v) is 5.16. The summed E-state index contributed by atoms with van der Waals surface area (Å²) < 4.78 is 5.68. The zero-order valence-electron chi connectivity index (χ0n) is 12.5. The number of aromatic nitrogens is 2. The lowest BCUT2D eigenvalue weighted by molar-refractivity contribution is 0.271. The highest BCUT2D eigenvalue weighted by atomic mass is 16.5. The van der Waals surface area contributed by atoms with Gasteiger partial charge < -0.3 is 10.1 Å². The molecule has 4 heteroatoms. The molecule has 0 unspecified atom stereocenters. The van der Waals surface area contributed by atoms with E-state index in [0.717, 1.165) is 35.3 Å². The van der Waals surface area contributed by atoms with Crippen LogP contribution in [0.3, 0.4) is 0 Å². The van der Waals surface area contributed by atoms with E-state index in [4.69, 9.17) is 4.74 Å². The van der Waals surface area contributed by atoms with Crippen molar-refractivity contribution in [3.8, 4) is 17.0 Å². The van der Waals surface area contributed by atoms with E-state index in [1.807, 2.05) is 44.3 Å². The van der Waals surface area contributed by atoms with E-state index < -0.39 is 0 Å². The topological polar surface area (TPSA) is 47.0 Å².